The molecule has 3 rings (SSSR count). The molecule has 4 nitrogen and oxygen atoms in total. The van der Waals surface area contributed by atoms with Crippen molar-refractivity contribution in [1.82, 2.24) is 4.90 Å². The average molecular weight is 329 g/mol. The lowest BCUT2D eigenvalue weighted by atomic mass is 10.0. The van der Waals surface area contributed by atoms with Crippen LogP contribution in [0.3, 0.4) is 0 Å². The van der Waals surface area contributed by atoms with E-state index in [1.54, 1.807) is 25.3 Å². The lowest BCUT2D eigenvalue weighted by molar-refractivity contribution is 0.0232. The lowest BCUT2D eigenvalue weighted by Gasteiger charge is -2.38. The zero-order valence-electron chi connectivity index (χ0n) is 11.8. The molecule has 2 unspecified atom stereocenters. The topological polar surface area (TPSA) is 41.6 Å². The molecule has 0 radical (unpaired) electrons. The highest BCUT2D eigenvalue weighted by atomic mass is 35.5. The number of carbonyl (C=O) groups is 1. The third kappa shape index (κ3) is 2.98. The normalized spacial score (nSPS) is 27.8. The van der Waals surface area contributed by atoms with Crippen molar-refractivity contribution in [3.05, 3.63) is 28.2 Å². The molecule has 0 aliphatic carbocycles. The fraction of sp³-hybridized carbons (Fsp3) is 0.533. The van der Waals surface area contributed by atoms with Gasteiger partial charge < -0.3 is 15.0 Å². The van der Waals surface area contributed by atoms with Crippen molar-refractivity contribution in [3.8, 4) is 0 Å². The van der Waals surface area contributed by atoms with Gasteiger partial charge >= 0.3 is 6.03 Å². The first-order chi connectivity index (χ1) is 10.1. The number of rotatable bonds is 2. The number of methoxy groups -OCH3 is 1. The summed E-state index contributed by atoms with van der Waals surface area (Å²) in [6, 6.07) is 5.61. The van der Waals surface area contributed by atoms with Gasteiger partial charge in [-0.25, -0.2) is 4.79 Å². The summed E-state index contributed by atoms with van der Waals surface area (Å²) in [7, 11) is 1.75. The molecule has 114 valence electrons. The third-order valence-corrected chi connectivity index (χ3v) is 5.17. The van der Waals surface area contributed by atoms with Gasteiger partial charge in [0.25, 0.3) is 0 Å². The summed E-state index contributed by atoms with van der Waals surface area (Å²) in [6.07, 6.45) is 4.22. The highest BCUT2D eigenvalue weighted by Gasteiger charge is 2.43. The van der Waals surface area contributed by atoms with Crippen molar-refractivity contribution < 1.29 is 9.53 Å². The first-order valence-electron chi connectivity index (χ1n) is 7.15. The Bertz CT molecular complexity index is 538. The van der Waals surface area contributed by atoms with E-state index in [0.717, 1.165) is 25.7 Å². The van der Waals surface area contributed by atoms with Crippen molar-refractivity contribution >= 4 is 34.9 Å². The quantitative estimate of drug-likeness (QED) is 0.885. The van der Waals surface area contributed by atoms with Gasteiger partial charge in [-0.1, -0.05) is 23.2 Å². The van der Waals surface area contributed by atoms with E-state index in [1.807, 2.05) is 4.90 Å². The molecule has 2 amide bonds. The number of hydrogen-bond acceptors (Lipinski definition) is 2. The summed E-state index contributed by atoms with van der Waals surface area (Å²) < 4.78 is 5.46. The van der Waals surface area contributed by atoms with Crippen molar-refractivity contribution in [1.29, 1.82) is 0 Å². The Labute approximate surface area is 134 Å². The van der Waals surface area contributed by atoms with Crippen LogP contribution in [0, 0.1) is 0 Å². The van der Waals surface area contributed by atoms with Crippen LogP contribution in [0.2, 0.25) is 10.0 Å². The molecular formula is C15H18Cl2N2O2. The van der Waals surface area contributed by atoms with Crippen LogP contribution in [0.5, 0.6) is 0 Å². The van der Waals surface area contributed by atoms with Crippen LogP contribution in [-0.4, -0.2) is 36.2 Å². The number of halogens is 2. The van der Waals surface area contributed by atoms with Crippen LogP contribution in [0.1, 0.15) is 25.7 Å². The Kier molecular flexibility index (Phi) is 4.29. The molecule has 0 aromatic heterocycles. The van der Waals surface area contributed by atoms with E-state index in [0.29, 0.717) is 15.7 Å². The fourth-order valence-electron chi connectivity index (χ4n) is 3.41. The average Bonchev–Trinajstić information content (AvgIpc) is 2.73. The molecule has 2 saturated heterocycles. The molecular weight excluding hydrogens is 311 g/mol. The number of anilines is 1. The number of nitrogens with one attached hydrogen (secondary N) is 1. The van der Waals surface area contributed by atoms with E-state index in [9.17, 15) is 4.79 Å². The Morgan fingerprint density at radius 3 is 2.48 bits per heavy atom. The molecule has 2 bridgehead atoms. The van der Waals surface area contributed by atoms with Gasteiger partial charge in [-0.05, 0) is 43.9 Å². The maximum atomic E-state index is 12.5. The molecule has 6 heteroatoms. The second-order valence-electron chi connectivity index (χ2n) is 5.68. The summed E-state index contributed by atoms with van der Waals surface area (Å²) >= 11 is 11.9. The molecule has 1 aromatic carbocycles. The Hall–Kier alpha value is -0.970. The number of hydrogen-bond donors (Lipinski definition) is 1. The summed E-state index contributed by atoms with van der Waals surface area (Å²) in [6.45, 7) is 0. The van der Waals surface area contributed by atoms with E-state index in [4.69, 9.17) is 27.9 Å². The predicted octanol–water partition coefficient (Wildman–Crippen LogP) is 4.17. The zero-order valence-corrected chi connectivity index (χ0v) is 13.3. The summed E-state index contributed by atoms with van der Waals surface area (Å²) in [4.78, 5) is 14.5. The molecule has 2 aliphatic rings. The zero-order chi connectivity index (χ0) is 15.0. The number of ether oxygens (including phenoxy) is 1. The van der Waals surface area contributed by atoms with Crippen molar-refractivity contribution in [2.75, 3.05) is 12.4 Å². The van der Waals surface area contributed by atoms with E-state index < -0.39 is 0 Å². The number of fused-ring (bicyclic) bond motifs is 2. The number of urea groups is 1. The van der Waals surface area contributed by atoms with Gasteiger partial charge in [-0.3, -0.25) is 0 Å². The van der Waals surface area contributed by atoms with Gasteiger partial charge in [0.15, 0.2) is 0 Å². The maximum absolute atomic E-state index is 12.5. The van der Waals surface area contributed by atoms with Gasteiger partial charge in [-0.2, -0.15) is 0 Å². The summed E-state index contributed by atoms with van der Waals surface area (Å²) in [5.74, 6) is 0. The molecule has 2 aliphatic heterocycles. The molecule has 1 N–H and O–H groups in total. The fourth-order valence-corrected chi connectivity index (χ4v) is 3.71. The monoisotopic (exact) mass is 328 g/mol. The molecule has 21 heavy (non-hydrogen) atoms. The third-order valence-electron chi connectivity index (χ3n) is 4.43. The molecule has 2 fully saturated rings. The smallest absolute Gasteiger partial charge is 0.322 e. The minimum Gasteiger partial charge on any atom is -0.381 e. The summed E-state index contributed by atoms with van der Waals surface area (Å²) in [5, 5.41) is 3.84. The molecule has 0 spiro atoms. The van der Waals surface area contributed by atoms with Crippen LogP contribution in [0.15, 0.2) is 18.2 Å². The Morgan fingerprint density at radius 2 is 1.90 bits per heavy atom. The number of benzene rings is 1. The Morgan fingerprint density at radius 1 is 1.24 bits per heavy atom. The molecule has 1 aromatic rings. The number of nitrogens with zero attached hydrogens (tertiary/aromatic N) is 1. The summed E-state index contributed by atoms with van der Waals surface area (Å²) in [5.41, 5.74) is 0.669. The largest absolute Gasteiger partial charge is 0.381 e. The van der Waals surface area contributed by atoms with Gasteiger partial charge in [0.05, 0.1) is 16.1 Å². The van der Waals surface area contributed by atoms with Crippen molar-refractivity contribution in [3.63, 3.8) is 0 Å². The maximum Gasteiger partial charge on any atom is 0.322 e. The number of carbonyl (C=O) groups excluding carboxylic acids is 1. The minimum absolute atomic E-state index is 0.0598. The number of amides is 2. The van der Waals surface area contributed by atoms with Crippen molar-refractivity contribution in [2.45, 2.75) is 43.9 Å². The second kappa shape index (κ2) is 6.03. The van der Waals surface area contributed by atoms with Crippen molar-refractivity contribution in [2.24, 2.45) is 0 Å². The highest BCUT2D eigenvalue weighted by Crippen LogP contribution is 2.37. The van der Waals surface area contributed by atoms with Gasteiger partial charge in [-0.15, -0.1) is 0 Å². The minimum atomic E-state index is -0.0598. The van der Waals surface area contributed by atoms with E-state index >= 15 is 0 Å². The van der Waals surface area contributed by atoms with Crippen LogP contribution in [0.4, 0.5) is 10.5 Å². The molecule has 2 atom stereocenters. The van der Waals surface area contributed by atoms with E-state index in [1.165, 1.54) is 0 Å². The lowest BCUT2D eigenvalue weighted by Crippen LogP contribution is -2.50. The standard InChI is InChI=1S/C15H18Cl2N2O2/c1-21-12-7-10-3-4-11(8-12)19(10)15(20)18-9-2-5-13(16)14(17)6-9/h2,5-6,10-12H,3-4,7-8H2,1H3,(H,18,20). The predicted molar refractivity (Wildman–Crippen MR) is 84.2 cm³/mol. The first-order valence-corrected chi connectivity index (χ1v) is 7.91. The van der Waals surface area contributed by atoms with E-state index in [2.05, 4.69) is 5.32 Å². The highest BCUT2D eigenvalue weighted by molar-refractivity contribution is 6.42. The van der Waals surface area contributed by atoms with Crippen LogP contribution < -0.4 is 5.32 Å². The SMILES string of the molecule is COC1CC2CCC(C1)N2C(=O)Nc1ccc(Cl)c(Cl)c1. The van der Waals surface area contributed by atoms with Gasteiger partial charge in [0, 0.05) is 24.9 Å². The second-order valence-corrected chi connectivity index (χ2v) is 6.49. The van der Waals surface area contributed by atoms with Crippen LogP contribution >= 0.6 is 23.2 Å². The van der Waals surface area contributed by atoms with Crippen LogP contribution in [0.25, 0.3) is 0 Å². The molecule has 0 saturated carbocycles. The first kappa shape index (κ1) is 14.9. The van der Waals surface area contributed by atoms with Gasteiger partial charge in [0.2, 0.25) is 0 Å². The Balaban J connectivity index is 1.70. The molecule has 2 heterocycles. The van der Waals surface area contributed by atoms with E-state index in [-0.39, 0.29) is 24.2 Å². The van der Waals surface area contributed by atoms with Crippen LogP contribution in [-0.2, 0) is 4.74 Å². The number of piperidine rings is 1. The van der Waals surface area contributed by atoms with Gasteiger partial charge in [0.1, 0.15) is 0 Å².